The van der Waals surface area contributed by atoms with Crippen molar-refractivity contribution in [1.29, 1.82) is 0 Å². The predicted octanol–water partition coefficient (Wildman–Crippen LogP) is 1.13. The lowest BCUT2D eigenvalue weighted by Crippen LogP contribution is -2.46. The fraction of sp³-hybridized carbons (Fsp3) is 0.846. The van der Waals surface area contributed by atoms with Crippen molar-refractivity contribution in [3.63, 3.8) is 0 Å². The van der Waals surface area contributed by atoms with Crippen LogP contribution in [0.4, 0.5) is 0 Å². The highest BCUT2D eigenvalue weighted by Crippen LogP contribution is 2.09. The van der Waals surface area contributed by atoms with E-state index in [-0.39, 0.29) is 24.5 Å². The van der Waals surface area contributed by atoms with E-state index < -0.39 is 0 Å². The Morgan fingerprint density at radius 1 is 1.17 bits per heavy atom. The highest BCUT2D eigenvalue weighted by molar-refractivity contribution is 5.80. The number of carbonyl (C=O) groups excluding carboxylic acids is 2. The number of carbonyl (C=O) groups is 2. The van der Waals surface area contributed by atoms with Crippen molar-refractivity contribution >= 4 is 11.9 Å². The average Bonchev–Trinajstić information content (AvgIpc) is 2.33. The zero-order chi connectivity index (χ0) is 14.1. The monoisotopic (exact) mass is 258 g/mol. The van der Waals surface area contributed by atoms with Crippen LogP contribution in [0, 0.1) is 0 Å². The molecule has 0 fully saturated rings. The van der Waals surface area contributed by atoms with E-state index in [0.717, 1.165) is 6.42 Å². The van der Waals surface area contributed by atoms with Gasteiger partial charge in [-0.2, -0.15) is 0 Å². The van der Waals surface area contributed by atoms with Gasteiger partial charge in [-0.3, -0.25) is 14.5 Å². The molecule has 0 rings (SSSR count). The number of nitrogens with zero attached hydrogens (tertiary/aromatic N) is 2. The quantitative estimate of drug-likeness (QED) is 0.612. The Morgan fingerprint density at radius 2 is 1.78 bits per heavy atom. The topological polar surface area (TPSA) is 49.9 Å². The highest BCUT2D eigenvalue weighted by Gasteiger charge is 2.27. The molecule has 0 radical (unpaired) electrons. The van der Waals surface area contributed by atoms with Gasteiger partial charge in [0.15, 0.2) is 0 Å². The second-order valence-corrected chi connectivity index (χ2v) is 4.41. The molecule has 0 aliphatic carbocycles. The van der Waals surface area contributed by atoms with Crippen molar-refractivity contribution in [2.45, 2.75) is 39.7 Å². The highest BCUT2D eigenvalue weighted by atomic mass is 16.5. The van der Waals surface area contributed by atoms with Crippen LogP contribution in [0.1, 0.15) is 33.6 Å². The van der Waals surface area contributed by atoms with Gasteiger partial charge in [-0.15, -0.1) is 0 Å². The van der Waals surface area contributed by atoms with Gasteiger partial charge in [-0.05, 0) is 19.9 Å². The molecule has 0 spiro atoms. The summed E-state index contributed by atoms with van der Waals surface area (Å²) < 4.78 is 5.08. The first-order valence-electron chi connectivity index (χ1n) is 6.58. The van der Waals surface area contributed by atoms with E-state index in [9.17, 15) is 9.59 Å². The number of hydrogen-bond donors (Lipinski definition) is 0. The molecule has 0 aromatic rings. The maximum Gasteiger partial charge on any atom is 0.323 e. The maximum absolute atomic E-state index is 11.9. The van der Waals surface area contributed by atoms with E-state index in [2.05, 4.69) is 0 Å². The first kappa shape index (κ1) is 16.9. The fourth-order valence-corrected chi connectivity index (χ4v) is 1.72. The molecule has 106 valence electrons. The average molecular weight is 258 g/mol. The molecule has 0 saturated carbocycles. The van der Waals surface area contributed by atoms with Gasteiger partial charge in [0.2, 0.25) is 5.91 Å². The zero-order valence-electron chi connectivity index (χ0n) is 12.2. The smallest absolute Gasteiger partial charge is 0.323 e. The molecule has 5 heteroatoms. The van der Waals surface area contributed by atoms with Crippen LogP contribution >= 0.6 is 0 Å². The zero-order valence-corrected chi connectivity index (χ0v) is 12.2. The summed E-state index contributed by atoms with van der Waals surface area (Å²) in [7, 11) is 3.44. The van der Waals surface area contributed by atoms with E-state index in [1.165, 1.54) is 4.90 Å². The molecule has 0 aliphatic rings. The lowest BCUT2D eigenvalue weighted by atomic mass is 10.1. The van der Waals surface area contributed by atoms with Crippen LogP contribution in [0.25, 0.3) is 0 Å². The maximum atomic E-state index is 11.9. The summed E-state index contributed by atoms with van der Waals surface area (Å²) in [6, 6.07) is -0.316. The molecule has 0 bridgehead atoms. The first-order valence-corrected chi connectivity index (χ1v) is 6.58. The van der Waals surface area contributed by atoms with Crippen LogP contribution in [0.3, 0.4) is 0 Å². The van der Waals surface area contributed by atoms with Gasteiger partial charge in [0.05, 0.1) is 13.2 Å². The third kappa shape index (κ3) is 5.49. The van der Waals surface area contributed by atoms with Crippen LogP contribution < -0.4 is 0 Å². The van der Waals surface area contributed by atoms with E-state index >= 15 is 0 Å². The molecule has 0 N–H and O–H groups in total. The molecule has 1 amide bonds. The van der Waals surface area contributed by atoms with Gasteiger partial charge in [0, 0.05) is 14.1 Å². The first-order chi connectivity index (χ1) is 8.47. The summed E-state index contributed by atoms with van der Waals surface area (Å²) in [4.78, 5) is 27.0. The Labute approximate surface area is 110 Å². The lowest BCUT2D eigenvalue weighted by Gasteiger charge is -2.29. The van der Waals surface area contributed by atoms with Crippen molar-refractivity contribution in [3.8, 4) is 0 Å². The van der Waals surface area contributed by atoms with Crippen LogP contribution in [0.2, 0.25) is 0 Å². The SMILES string of the molecule is CCCC(C(=O)OCC)N(CC)CC(=O)N(C)C. The van der Waals surface area contributed by atoms with Gasteiger partial charge in [-0.1, -0.05) is 20.3 Å². The normalized spacial score (nSPS) is 12.3. The minimum Gasteiger partial charge on any atom is -0.465 e. The molecule has 1 unspecified atom stereocenters. The lowest BCUT2D eigenvalue weighted by molar-refractivity contribution is -0.150. The van der Waals surface area contributed by atoms with Gasteiger partial charge >= 0.3 is 5.97 Å². The minimum absolute atomic E-state index is 0.00208. The summed E-state index contributed by atoms with van der Waals surface area (Å²) >= 11 is 0. The Hall–Kier alpha value is -1.10. The van der Waals surface area contributed by atoms with E-state index in [1.807, 2.05) is 18.7 Å². The number of hydrogen-bond acceptors (Lipinski definition) is 4. The number of likely N-dealkylation sites (N-methyl/N-ethyl adjacent to an activating group) is 2. The number of amides is 1. The molecule has 0 heterocycles. The predicted molar refractivity (Wildman–Crippen MR) is 71.3 cm³/mol. The fourth-order valence-electron chi connectivity index (χ4n) is 1.72. The molecule has 0 aromatic heterocycles. The Balaban J connectivity index is 4.70. The summed E-state index contributed by atoms with van der Waals surface area (Å²) in [5, 5.41) is 0. The van der Waals surface area contributed by atoms with Gasteiger partial charge < -0.3 is 9.64 Å². The van der Waals surface area contributed by atoms with Gasteiger partial charge in [-0.25, -0.2) is 0 Å². The van der Waals surface area contributed by atoms with Gasteiger partial charge in [0.1, 0.15) is 6.04 Å². The van der Waals surface area contributed by atoms with Crippen molar-refractivity contribution in [2.24, 2.45) is 0 Å². The second kappa shape index (κ2) is 8.91. The molecular formula is C13H26N2O3. The summed E-state index contributed by atoms with van der Waals surface area (Å²) in [6.45, 7) is 7.05. The number of rotatable bonds is 8. The van der Waals surface area contributed by atoms with Crippen LogP contribution in [-0.2, 0) is 14.3 Å². The van der Waals surface area contributed by atoms with Crippen molar-refractivity contribution in [2.75, 3.05) is 33.8 Å². The summed E-state index contributed by atoms with van der Waals surface area (Å²) in [5.41, 5.74) is 0. The molecule has 1 atom stereocenters. The van der Waals surface area contributed by atoms with Crippen molar-refractivity contribution in [1.82, 2.24) is 9.80 Å². The molecule has 0 aliphatic heterocycles. The molecule has 5 nitrogen and oxygen atoms in total. The Bertz CT molecular complexity index is 267. The number of esters is 1. The molecule has 0 aromatic carbocycles. The van der Waals surface area contributed by atoms with E-state index in [1.54, 1.807) is 21.0 Å². The van der Waals surface area contributed by atoms with Crippen molar-refractivity contribution in [3.05, 3.63) is 0 Å². The largest absolute Gasteiger partial charge is 0.465 e. The van der Waals surface area contributed by atoms with Gasteiger partial charge in [0.25, 0.3) is 0 Å². The third-order valence-corrected chi connectivity index (χ3v) is 2.80. The summed E-state index contributed by atoms with van der Waals surface area (Å²) in [6.07, 6.45) is 1.60. The van der Waals surface area contributed by atoms with Crippen LogP contribution in [0.15, 0.2) is 0 Å². The Morgan fingerprint density at radius 3 is 2.17 bits per heavy atom. The van der Waals surface area contributed by atoms with E-state index in [4.69, 9.17) is 4.74 Å². The minimum atomic E-state index is -0.316. The second-order valence-electron chi connectivity index (χ2n) is 4.41. The Kier molecular flexibility index (Phi) is 8.37. The van der Waals surface area contributed by atoms with Crippen molar-refractivity contribution < 1.29 is 14.3 Å². The van der Waals surface area contributed by atoms with Crippen LogP contribution in [-0.4, -0.2) is 61.5 Å². The third-order valence-electron chi connectivity index (χ3n) is 2.80. The number of ether oxygens (including phenoxy) is 1. The summed E-state index contributed by atoms with van der Waals surface area (Å²) in [5.74, 6) is -0.227. The standard InChI is InChI=1S/C13H26N2O3/c1-6-9-11(13(17)18-8-3)15(7-2)10-12(16)14(4)5/h11H,6-10H2,1-5H3. The molecule has 18 heavy (non-hydrogen) atoms. The van der Waals surface area contributed by atoms with Crippen LogP contribution in [0.5, 0.6) is 0 Å². The molecular weight excluding hydrogens is 232 g/mol. The van der Waals surface area contributed by atoms with E-state index in [0.29, 0.717) is 19.6 Å². The molecule has 0 saturated heterocycles.